The molecule has 1 saturated heterocycles. The number of carbonyl (C=O) groups excluding carboxylic acids is 3. The number of benzene rings is 1. The van der Waals surface area contributed by atoms with Crippen LogP contribution in [0.1, 0.15) is 18.4 Å². The highest BCUT2D eigenvalue weighted by Gasteiger charge is 2.33. The van der Waals surface area contributed by atoms with E-state index in [1.807, 2.05) is 0 Å². The highest BCUT2D eigenvalue weighted by molar-refractivity contribution is 5.97. The number of hydrogen-bond acceptors (Lipinski definition) is 4. The lowest BCUT2D eigenvalue weighted by Gasteiger charge is -2.29. The Morgan fingerprint density at radius 3 is 2.29 bits per heavy atom. The van der Waals surface area contributed by atoms with Crippen molar-refractivity contribution in [3.05, 3.63) is 29.8 Å². The minimum atomic E-state index is -0.721. The van der Waals surface area contributed by atoms with Gasteiger partial charge < -0.3 is 21.5 Å². The van der Waals surface area contributed by atoms with Gasteiger partial charge in [-0.15, -0.1) is 0 Å². The molecular weight excluding hydrogens is 274 g/mol. The summed E-state index contributed by atoms with van der Waals surface area (Å²) in [5.41, 5.74) is 5.85. The van der Waals surface area contributed by atoms with E-state index in [0.717, 1.165) is 5.56 Å². The van der Waals surface area contributed by atoms with Crippen LogP contribution >= 0.6 is 0 Å². The van der Waals surface area contributed by atoms with Crippen LogP contribution in [0.5, 0.6) is 5.75 Å². The van der Waals surface area contributed by atoms with E-state index in [4.69, 9.17) is 5.73 Å². The predicted octanol–water partition coefficient (Wildman–Crippen LogP) is -0.817. The molecule has 0 bridgehead atoms. The number of amides is 3. The number of phenols is 1. The van der Waals surface area contributed by atoms with Gasteiger partial charge in [0.05, 0.1) is 0 Å². The number of nitrogens with two attached hydrogens (primary N) is 1. The van der Waals surface area contributed by atoms with Crippen LogP contribution in [0.25, 0.3) is 0 Å². The molecule has 1 heterocycles. The molecule has 2 unspecified atom stereocenters. The third kappa shape index (κ3) is 3.95. The molecule has 7 heteroatoms. The van der Waals surface area contributed by atoms with Crippen molar-refractivity contribution in [2.24, 2.45) is 5.73 Å². The zero-order valence-electron chi connectivity index (χ0n) is 11.3. The fourth-order valence-electron chi connectivity index (χ4n) is 2.18. The summed E-state index contributed by atoms with van der Waals surface area (Å²) in [4.78, 5) is 34.6. The molecule has 21 heavy (non-hydrogen) atoms. The van der Waals surface area contributed by atoms with E-state index < -0.39 is 18.0 Å². The minimum Gasteiger partial charge on any atom is -0.508 e. The number of carbonyl (C=O) groups is 3. The molecule has 0 spiro atoms. The number of nitrogens with one attached hydrogen (secondary N) is 2. The van der Waals surface area contributed by atoms with Crippen LogP contribution in [0.3, 0.4) is 0 Å². The highest BCUT2D eigenvalue weighted by Crippen LogP contribution is 2.13. The van der Waals surface area contributed by atoms with Gasteiger partial charge in [-0.1, -0.05) is 12.1 Å². The van der Waals surface area contributed by atoms with E-state index in [1.54, 1.807) is 12.1 Å². The molecule has 2 rings (SSSR count). The summed E-state index contributed by atoms with van der Waals surface area (Å²) in [6.45, 7) is 0. The summed E-state index contributed by atoms with van der Waals surface area (Å²) in [6, 6.07) is 5.04. The van der Waals surface area contributed by atoms with Gasteiger partial charge >= 0.3 is 0 Å². The molecule has 1 aliphatic heterocycles. The van der Waals surface area contributed by atoms with Gasteiger partial charge in [0.15, 0.2) is 0 Å². The molecule has 5 N–H and O–H groups in total. The molecule has 2 atom stereocenters. The van der Waals surface area contributed by atoms with Gasteiger partial charge in [0.1, 0.15) is 17.8 Å². The van der Waals surface area contributed by atoms with Crippen molar-refractivity contribution in [3.63, 3.8) is 0 Å². The molecule has 1 fully saturated rings. The Balaban J connectivity index is 1.95. The van der Waals surface area contributed by atoms with Crippen LogP contribution in [-0.4, -0.2) is 34.9 Å². The zero-order valence-corrected chi connectivity index (χ0v) is 11.3. The maximum absolute atomic E-state index is 12.0. The Labute approximate surface area is 121 Å². The van der Waals surface area contributed by atoms with Crippen molar-refractivity contribution in [1.82, 2.24) is 10.6 Å². The van der Waals surface area contributed by atoms with E-state index in [9.17, 15) is 19.5 Å². The van der Waals surface area contributed by atoms with Crippen LogP contribution in [-0.2, 0) is 20.8 Å². The fraction of sp³-hybridized carbons (Fsp3) is 0.357. The largest absolute Gasteiger partial charge is 0.508 e. The number of hydrogen-bond donors (Lipinski definition) is 4. The van der Waals surface area contributed by atoms with Crippen LogP contribution in [0.2, 0.25) is 0 Å². The summed E-state index contributed by atoms with van der Waals surface area (Å²) in [5.74, 6) is -0.984. The molecule has 1 aliphatic rings. The van der Waals surface area contributed by atoms with Gasteiger partial charge in [-0.05, 0) is 24.1 Å². The minimum absolute atomic E-state index is 0.0427. The van der Waals surface area contributed by atoms with Crippen LogP contribution in [0.4, 0.5) is 0 Å². The SMILES string of the molecule is NC(=O)CCC1NC(=O)C(Cc2ccc(O)cc2)NC1=O. The van der Waals surface area contributed by atoms with Gasteiger partial charge in [-0.2, -0.15) is 0 Å². The maximum atomic E-state index is 12.0. The fourth-order valence-corrected chi connectivity index (χ4v) is 2.18. The quantitative estimate of drug-likeness (QED) is 0.566. The second-order valence-electron chi connectivity index (χ2n) is 5.00. The van der Waals surface area contributed by atoms with Crippen LogP contribution in [0, 0.1) is 0 Å². The first kappa shape index (κ1) is 14.8. The number of rotatable bonds is 5. The molecule has 0 aliphatic carbocycles. The monoisotopic (exact) mass is 291 g/mol. The van der Waals surface area contributed by atoms with E-state index in [0.29, 0.717) is 6.42 Å². The van der Waals surface area contributed by atoms with Gasteiger partial charge in [0.25, 0.3) is 0 Å². The summed E-state index contributed by atoms with van der Waals surface area (Å²) in [7, 11) is 0. The lowest BCUT2D eigenvalue weighted by atomic mass is 10.00. The third-order valence-electron chi connectivity index (χ3n) is 3.32. The van der Waals surface area contributed by atoms with Crippen molar-refractivity contribution in [3.8, 4) is 5.75 Å². The Kier molecular flexibility index (Phi) is 4.42. The smallest absolute Gasteiger partial charge is 0.243 e. The summed E-state index contributed by atoms with van der Waals surface area (Å²) < 4.78 is 0. The summed E-state index contributed by atoms with van der Waals surface area (Å²) in [6.07, 6.45) is 0.570. The van der Waals surface area contributed by atoms with Crippen molar-refractivity contribution in [1.29, 1.82) is 0 Å². The maximum Gasteiger partial charge on any atom is 0.243 e. The second kappa shape index (κ2) is 6.25. The first-order chi connectivity index (χ1) is 9.95. The van der Waals surface area contributed by atoms with Crippen molar-refractivity contribution in [2.45, 2.75) is 31.3 Å². The predicted molar refractivity (Wildman–Crippen MR) is 74.1 cm³/mol. The van der Waals surface area contributed by atoms with Crippen molar-refractivity contribution in [2.75, 3.05) is 0 Å². The van der Waals surface area contributed by atoms with E-state index in [2.05, 4.69) is 10.6 Å². The topological polar surface area (TPSA) is 122 Å². The standard InChI is InChI=1S/C14H17N3O4/c15-12(19)6-5-10-13(20)17-11(14(21)16-10)7-8-1-3-9(18)4-2-8/h1-4,10-11,18H,5-7H2,(H2,15,19)(H,16,21)(H,17,20). The molecule has 1 aromatic carbocycles. The average molecular weight is 291 g/mol. The van der Waals surface area contributed by atoms with Crippen LogP contribution in [0.15, 0.2) is 24.3 Å². The number of phenolic OH excluding ortho intramolecular Hbond substituents is 1. The van der Waals surface area contributed by atoms with Gasteiger partial charge in [0.2, 0.25) is 17.7 Å². The molecule has 112 valence electrons. The Morgan fingerprint density at radius 2 is 1.67 bits per heavy atom. The number of piperazine rings is 1. The Bertz CT molecular complexity index is 556. The van der Waals surface area contributed by atoms with Gasteiger partial charge in [0, 0.05) is 12.8 Å². The number of primary amides is 1. The van der Waals surface area contributed by atoms with Gasteiger partial charge in [-0.25, -0.2) is 0 Å². The molecule has 0 saturated carbocycles. The molecule has 7 nitrogen and oxygen atoms in total. The highest BCUT2D eigenvalue weighted by atomic mass is 16.3. The van der Waals surface area contributed by atoms with Crippen molar-refractivity contribution < 1.29 is 19.5 Å². The Morgan fingerprint density at radius 1 is 1.10 bits per heavy atom. The summed E-state index contributed by atoms with van der Waals surface area (Å²) >= 11 is 0. The third-order valence-corrected chi connectivity index (χ3v) is 3.32. The lowest BCUT2D eigenvalue weighted by Crippen LogP contribution is -2.62. The van der Waals surface area contributed by atoms with E-state index in [-0.39, 0.29) is 30.4 Å². The Hall–Kier alpha value is -2.57. The van der Waals surface area contributed by atoms with Crippen molar-refractivity contribution >= 4 is 17.7 Å². The zero-order chi connectivity index (χ0) is 15.4. The number of aromatic hydroxyl groups is 1. The first-order valence-corrected chi connectivity index (χ1v) is 6.62. The molecule has 1 aromatic rings. The van der Waals surface area contributed by atoms with E-state index >= 15 is 0 Å². The second-order valence-corrected chi connectivity index (χ2v) is 5.00. The lowest BCUT2D eigenvalue weighted by molar-refractivity contribution is -0.137. The molecular formula is C14H17N3O4. The van der Waals surface area contributed by atoms with Crippen LogP contribution < -0.4 is 16.4 Å². The average Bonchev–Trinajstić information content (AvgIpc) is 2.43. The molecule has 0 aromatic heterocycles. The first-order valence-electron chi connectivity index (χ1n) is 6.62. The van der Waals surface area contributed by atoms with Gasteiger partial charge in [-0.3, -0.25) is 14.4 Å². The normalized spacial score (nSPS) is 21.5. The molecule has 3 amide bonds. The van der Waals surface area contributed by atoms with E-state index in [1.165, 1.54) is 12.1 Å². The molecule has 0 radical (unpaired) electrons. The summed E-state index contributed by atoms with van der Waals surface area (Å²) in [5, 5.41) is 14.4.